The van der Waals surface area contributed by atoms with E-state index in [0.29, 0.717) is 19.6 Å². The molecule has 1 aliphatic heterocycles. The first-order chi connectivity index (χ1) is 8.70. The van der Waals surface area contributed by atoms with Crippen LogP contribution in [0.25, 0.3) is 0 Å². The molecular formula is C14H17FN2O. The van der Waals surface area contributed by atoms with Gasteiger partial charge in [-0.05, 0) is 5.56 Å². The van der Waals surface area contributed by atoms with Gasteiger partial charge in [-0.15, -0.1) is 0 Å². The number of likely N-dealkylation sites (tertiary alicyclic amines) is 1. The van der Waals surface area contributed by atoms with Gasteiger partial charge < -0.3 is 5.11 Å². The number of aliphatic hydroxyl groups is 1. The summed E-state index contributed by atoms with van der Waals surface area (Å²) in [4.78, 5) is 1.89. The maximum atomic E-state index is 14.0. The van der Waals surface area contributed by atoms with Crippen LogP contribution < -0.4 is 0 Å². The van der Waals surface area contributed by atoms with Gasteiger partial charge in [-0.25, -0.2) is 4.39 Å². The average molecular weight is 248 g/mol. The number of hydrogen-bond donors (Lipinski definition) is 1. The number of rotatable bonds is 4. The van der Waals surface area contributed by atoms with Crippen LogP contribution in [0, 0.1) is 11.3 Å². The summed E-state index contributed by atoms with van der Waals surface area (Å²) >= 11 is 0. The highest BCUT2D eigenvalue weighted by Gasteiger charge is 2.34. The number of nitrogens with zero attached hydrogens (tertiary/aromatic N) is 2. The van der Waals surface area contributed by atoms with Crippen LogP contribution in [-0.2, 0) is 0 Å². The highest BCUT2D eigenvalue weighted by Crippen LogP contribution is 2.29. The van der Waals surface area contributed by atoms with Crippen molar-refractivity contribution in [2.45, 2.75) is 24.6 Å². The number of β-amino-alcohol motifs (C(OH)–C–C–N with tert-alkyl or cyclic N) is 1. The Morgan fingerprint density at radius 1 is 1.39 bits per heavy atom. The number of nitriles is 1. The summed E-state index contributed by atoms with van der Waals surface area (Å²) in [6.45, 7) is 1.31. The average Bonchev–Trinajstić information content (AvgIpc) is 2.71. The zero-order valence-electron chi connectivity index (χ0n) is 10.2. The minimum absolute atomic E-state index is 0.101. The van der Waals surface area contributed by atoms with Crippen LogP contribution in [0.1, 0.15) is 17.9 Å². The molecule has 0 spiro atoms. The molecule has 0 amide bonds. The molecule has 0 bridgehead atoms. The summed E-state index contributed by atoms with van der Waals surface area (Å²) in [5.41, 5.74) is 1.00. The first-order valence-electron chi connectivity index (χ1n) is 6.17. The van der Waals surface area contributed by atoms with Crippen molar-refractivity contribution in [1.29, 1.82) is 5.26 Å². The van der Waals surface area contributed by atoms with Gasteiger partial charge in [-0.3, -0.25) is 4.90 Å². The maximum absolute atomic E-state index is 14.0. The second-order valence-electron chi connectivity index (χ2n) is 4.77. The predicted molar refractivity (Wildman–Crippen MR) is 66.8 cm³/mol. The minimum atomic E-state index is -0.901. The van der Waals surface area contributed by atoms with Crippen molar-refractivity contribution < 1.29 is 9.50 Å². The second-order valence-corrected chi connectivity index (χ2v) is 4.77. The van der Waals surface area contributed by atoms with Crippen LogP contribution in [0.15, 0.2) is 30.3 Å². The molecule has 1 aromatic rings. The van der Waals surface area contributed by atoms with E-state index in [-0.39, 0.29) is 12.3 Å². The summed E-state index contributed by atoms with van der Waals surface area (Å²) in [7, 11) is 0. The Morgan fingerprint density at radius 3 is 2.78 bits per heavy atom. The van der Waals surface area contributed by atoms with Gasteiger partial charge in [0, 0.05) is 25.6 Å². The fourth-order valence-electron chi connectivity index (χ4n) is 2.47. The summed E-state index contributed by atoms with van der Waals surface area (Å²) in [6.07, 6.45) is -1.48. The molecule has 96 valence electrons. The van der Waals surface area contributed by atoms with Crippen LogP contribution in [0.3, 0.4) is 0 Å². The van der Waals surface area contributed by atoms with Crippen LogP contribution in [0.5, 0.6) is 0 Å². The fraction of sp³-hybridized carbons (Fsp3) is 0.500. The Bertz CT molecular complexity index is 418. The molecule has 0 aliphatic carbocycles. The number of hydrogen-bond acceptors (Lipinski definition) is 3. The normalized spacial score (nSPS) is 25.8. The molecule has 18 heavy (non-hydrogen) atoms. The first-order valence-corrected chi connectivity index (χ1v) is 6.17. The van der Waals surface area contributed by atoms with Crippen molar-refractivity contribution in [3.05, 3.63) is 35.9 Å². The third-order valence-corrected chi connectivity index (χ3v) is 3.35. The lowest BCUT2D eigenvalue weighted by Gasteiger charge is -2.18. The molecule has 1 saturated heterocycles. The lowest BCUT2D eigenvalue weighted by Crippen LogP contribution is -2.30. The zero-order chi connectivity index (χ0) is 13.0. The Morgan fingerprint density at radius 2 is 2.11 bits per heavy atom. The standard InChI is InChI=1S/C14H17FN2O/c15-14-10-17(8-12(18)6-7-16)9-13(14)11-4-2-1-3-5-11/h1-5,12-14,18H,6,8-10H2/t12-,13-,14-/m1/s1. The molecule has 1 fully saturated rings. The molecule has 1 heterocycles. The van der Waals surface area contributed by atoms with E-state index in [1.165, 1.54) is 0 Å². The molecule has 1 aliphatic rings. The highest BCUT2D eigenvalue weighted by molar-refractivity contribution is 5.22. The predicted octanol–water partition coefficient (Wildman–Crippen LogP) is 1.70. The Balaban J connectivity index is 1.95. The van der Waals surface area contributed by atoms with Crippen LogP contribution >= 0.6 is 0 Å². The third-order valence-electron chi connectivity index (χ3n) is 3.35. The van der Waals surface area contributed by atoms with Crippen molar-refractivity contribution in [1.82, 2.24) is 4.90 Å². The van der Waals surface area contributed by atoms with Crippen molar-refractivity contribution >= 4 is 0 Å². The molecule has 0 aromatic heterocycles. The molecule has 3 atom stereocenters. The van der Waals surface area contributed by atoms with Gasteiger partial charge in [-0.2, -0.15) is 5.26 Å². The fourth-order valence-corrected chi connectivity index (χ4v) is 2.47. The second kappa shape index (κ2) is 5.94. The van der Waals surface area contributed by atoms with E-state index in [9.17, 15) is 9.50 Å². The van der Waals surface area contributed by atoms with Gasteiger partial charge in [0.15, 0.2) is 0 Å². The van der Waals surface area contributed by atoms with Gasteiger partial charge in [0.05, 0.1) is 18.6 Å². The quantitative estimate of drug-likeness (QED) is 0.882. The van der Waals surface area contributed by atoms with Gasteiger partial charge >= 0.3 is 0 Å². The van der Waals surface area contributed by atoms with Crippen molar-refractivity contribution in [3.63, 3.8) is 0 Å². The smallest absolute Gasteiger partial charge is 0.121 e. The molecule has 2 rings (SSSR count). The molecule has 1 N–H and O–H groups in total. The van der Waals surface area contributed by atoms with E-state index in [0.717, 1.165) is 5.56 Å². The van der Waals surface area contributed by atoms with E-state index in [2.05, 4.69) is 0 Å². The lowest BCUT2D eigenvalue weighted by molar-refractivity contribution is 0.125. The van der Waals surface area contributed by atoms with E-state index in [4.69, 9.17) is 5.26 Å². The van der Waals surface area contributed by atoms with Gasteiger partial charge in [0.1, 0.15) is 6.17 Å². The van der Waals surface area contributed by atoms with Gasteiger partial charge in [0.25, 0.3) is 0 Å². The summed E-state index contributed by atoms with van der Waals surface area (Å²) in [5.74, 6) is -0.125. The lowest BCUT2D eigenvalue weighted by atomic mass is 9.97. The number of alkyl halides is 1. The van der Waals surface area contributed by atoms with Crippen molar-refractivity contribution in [2.24, 2.45) is 0 Å². The van der Waals surface area contributed by atoms with E-state index in [1.807, 2.05) is 41.3 Å². The number of benzene rings is 1. The van der Waals surface area contributed by atoms with Crippen LogP contribution in [0.2, 0.25) is 0 Å². The molecule has 0 unspecified atom stereocenters. The third kappa shape index (κ3) is 3.06. The molecule has 0 radical (unpaired) electrons. The largest absolute Gasteiger partial charge is 0.391 e. The number of aliphatic hydroxyl groups excluding tert-OH is 1. The van der Waals surface area contributed by atoms with E-state index < -0.39 is 12.3 Å². The molecular weight excluding hydrogens is 231 g/mol. The minimum Gasteiger partial charge on any atom is -0.391 e. The summed E-state index contributed by atoms with van der Waals surface area (Å²) < 4.78 is 14.0. The van der Waals surface area contributed by atoms with E-state index in [1.54, 1.807) is 0 Å². The van der Waals surface area contributed by atoms with Crippen molar-refractivity contribution in [2.75, 3.05) is 19.6 Å². The highest BCUT2D eigenvalue weighted by atomic mass is 19.1. The first kappa shape index (κ1) is 13.0. The Labute approximate surface area is 106 Å². The monoisotopic (exact) mass is 248 g/mol. The van der Waals surface area contributed by atoms with E-state index >= 15 is 0 Å². The molecule has 3 nitrogen and oxygen atoms in total. The van der Waals surface area contributed by atoms with Crippen LogP contribution in [-0.4, -0.2) is 41.9 Å². The topological polar surface area (TPSA) is 47.3 Å². The SMILES string of the molecule is N#CC[C@@H](O)CN1C[C@@H](F)[C@@H](c2ccccc2)C1. The van der Waals surface area contributed by atoms with Crippen molar-refractivity contribution in [3.8, 4) is 6.07 Å². The summed E-state index contributed by atoms with van der Waals surface area (Å²) in [6, 6.07) is 11.5. The number of halogens is 1. The Hall–Kier alpha value is -1.44. The maximum Gasteiger partial charge on any atom is 0.121 e. The molecule has 4 heteroatoms. The zero-order valence-corrected chi connectivity index (χ0v) is 10.2. The molecule has 1 aromatic carbocycles. The van der Waals surface area contributed by atoms with Gasteiger partial charge in [-0.1, -0.05) is 30.3 Å². The van der Waals surface area contributed by atoms with Gasteiger partial charge in [0.2, 0.25) is 0 Å². The van der Waals surface area contributed by atoms with Crippen LogP contribution in [0.4, 0.5) is 4.39 Å². The summed E-state index contributed by atoms with van der Waals surface area (Å²) in [5, 5.41) is 18.1. The molecule has 0 saturated carbocycles. The Kier molecular flexibility index (Phi) is 4.29.